The zero-order valence-corrected chi connectivity index (χ0v) is 20.1. The van der Waals surface area contributed by atoms with E-state index in [1.165, 1.54) is 25.3 Å². The molecule has 0 radical (unpaired) electrons. The molecule has 33 heavy (non-hydrogen) atoms. The number of nitrogens with one attached hydrogen (secondary N) is 1. The Balaban J connectivity index is 1.93. The Bertz CT molecular complexity index is 1220. The zero-order valence-electron chi connectivity index (χ0n) is 18.5. The van der Waals surface area contributed by atoms with Gasteiger partial charge >= 0.3 is 0 Å². The standard InChI is InChI=1S/C24H25ClN2O5S/c1-17(20-11-7-8-12-22(20)31-2)26-24(28)16-27(18-13-14-23(32-3)21(25)15-18)33(29,30)19-9-5-4-6-10-19/h4-15,17H,16H2,1-3H3,(H,26,28)/t17-/m0/s1. The summed E-state index contributed by atoms with van der Waals surface area (Å²) in [5, 5.41) is 3.08. The zero-order chi connectivity index (χ0) is 24.0. The lowest BCUT2D eigenvalue weighted by atomic mass is 10.1. The van der Waals surface area contributed by atoms with Crippen LogP contribution in [0.1, 0.15) is 18.5 Å². The lowest BCUT2D eigenvalue weighted by Gasteiger charge is -2.26. The Kier molecular flexibility index (Phi) is 7.84. The number of para-hydroxylation sites is 1. The molecule has 0 aliphatic carbocycles. The summed E-state index contributed by atoms with van der Waals surface area (Å²) in [6.07, 6.45) is 0. The maximum atomic E-state index is 13.4. The number of benzene rings is 3. The highest BCUT2D eigenvalue weighted by molar-refractivity contribution is 7.92. The molecule has 1 amide bonds. The summed E-state index contributed by atoms with van der Waals surface area (Å²) >= 11 is 6.24. The van der Waals surface area contributed by atoms with E-state index in [0.29, 0.717) is 11.5 Å². The first-order valence-corrected chi connectivity index (χ1v) is 11.9. The van der Waals surface area contributed by atoms with E-state index in [9.17, 15) is 13.2 Å². The van der Waals surface area contributed by atoms with Crippen molar-refractivity contribution in [2.75, 3.05) is 25.1 Å². The molecule has 0 aliphatic heterocycles. The predicted molar refractivity (Wildman–Crippen MR) is 129 cm³/mol. The average molecular weight is 489 g/mol. The van der Waals surface area contributed by atoms with Crippen molar-refractivity contribution < 1.29 is 22.7 Å². The van der Waals surface area contributed by atoms with Crippen molar-refractivity contribution in [3.8, 4) is 11.5 Å². The first-order chi connectivity index (χ1) is 15.8. The summed E-state index contributed by atoms with van der Waals surface area (Å²) in [4.78, 5) is 13.0. The van der Waals surface area contributed by atoms with Gasteiger partial charge in [0.1, 0.15) is 18.0 Å². The van der Waals surface area contributed by atoms with Crippen LogP contribution in [0.15, 0.2) is 77.7 Å². The minimum atomic E-state index is -4.05. The molecule has 1 atom stereocenters. The molecule has 174 valence electrons. The van der Waals surface area contributed by atoms with Crippen molar-refractivity contribution in [1.82, 2.24) is 5.32 Å². The summed E-state index contributed by atoms with van der Waals surface area (Å²) in [7, 11) is -1.04. The summed E-state index contributed by atoms with van der Waals surface area (Å²) in [5.74, 6) is 0.535. The molecule has 0 fully saturated rings. The van der Waals surface area contributed by atoms with Crippen LogP contribution in [0.2, 0.25) is 5.02 Å². The predicted octanol–water partition coefficient (Wildman–Crippen LogP) is 4.43. The van der Waals surface area contributed by atoms with E-state index in [2.05, 4.69) is 5.32 Å². The molecule has 0 heterocycles. The monoisotopic (exact) mass is 488 g/mol. The summed E-state index contributed by atoms with van der Waals surface area (Å²) < 4.78 is 38.4. The van der Waals surface area contributed by atoms with Crippen LogP contribution in [-0.4, -0.2) is 35.1 Å². The van der Waals surface area contributed by atoms with Gasteiger partial charge in [0, 0.05) is 5.56 Å². The molecule has 9 heteroatoms. The van der Waals surface area contributed by atoms with Gasteiger partial charge in [-0.3, -0.25) is 9.10 Å². The summed E-state index contributed by atoms with van der Waals surface area (Å²) in [6, 6.07) is 19.4. The molecule has 0 saturated carbocycles. The van der Waals surface area contributed by atoms with Crippen LogP contribution in [0.4, 0.5) is 5.69 Å². The minimum Gasteiger partial charge on any atom is -0.496 e. The number of hydrogen-bond donors (Lipinski definition) is 1. The second-order valence-electron chi connectivity index (χ2n) is 7.17. The Labute approximate surface area is 198 Å². The number of sulfonamides is 1. The van der Waals surface area contributed by atoms with Crippen molar-refractivity contribution in [2.45, 2.75) is 17.9 Å². The molecular weight excluding hydrogens is 464 g/mol. The molecule has 0 spiro atoms. The van der Waals surface area contributed by atoms with Crippen molar-refractivity contribution in [1.29, 1.82) is 0 Å². The fraction of sp³-hybridized carbons (Fsp3) is 0.208. The van der Waals surface area contributed by atoms with E-state index < -0.39 is 28.5 Å². The number of amides is 1. The number of anilines is 1. The largest absolute Gasteiger partial charge is 0.496 e. The van der Waals surface area contributed by atoms with Gasteiger partial charge in [-0.1, -0.05) is 48.0 Å². The van der Waals surface area contributed by atoms with Gasteiger partial charge in [-0.15, -0.1) is 0 Å². The van der Waals surface area contributed by atoms with E-state index in [1.54, 1.807) is 50.4 Å². The number of halogens is 1. The van der Waals surface area contributed by atoms with Gasteiger partial charge in [-0.05, 0) is 43.3 Å². The van der Waals surface area contributed by atoms with E-state index in [1.807, 2.05) is 18.2 Å². The summed E-state index contributed by atoms with van der Waals surface area (Å²) in [5.41, 5.74) is 1.02. The van der Waals surface area contributed by atoms with Crippen LogP contribution < -0.4 is 19.1 Å². The Morgan fingerprint density at radius 1 is 0.970 bits per heavy atom. The number of ether oxygens (including phenoxy) is 2. The van der Waals surface area contributed by atoms with E-state index in [0.717, 1.165) is 9.87 Å². The summed E-state index contributed by atoms with van der Waals surface area (Å²) in [6.45, 7) is 1.36. The third-order valence-corrected chi connectivity index (χ3v) is 7.11. The molecule has 0 aliphatic rings. The van der Waals surface area contributed by atoms with Gasteiger partial charge in [0.15, 0.2) is 0 Å². The number of rotatable bonds is 9. The topological polar surface area (TPSA) is 84.9 Å². The lowest BCUT2D eigenvalue weighted by molar-refractivity contribution is -0.120. The van der Waals surface area contributed by atoms with Crippen molar-refractivity contribution in [3.05, 3.63) is 83.4 Å². The number of hydrogen-bond acceptors (Lipinski definition) is 5. The van der Waals surface area contributed by atoms with Crippen LogP contribution in [-0.2, 0) is 14.8 Å². The van der Waals surface area contributed by atoms with Gasteiger partial charge in [0.05, 0.1) is 35.9 Å². The maximum Gasteiger partial charge on any atom is 0.264 e. The fourth-order valence-electron chi connectivity index (χ4n) is 3.36. The quantitative estimate of drug-likeness (QED) is 0.481. The minimum absolute atomic E-state index is 0.0579. The maximum absolute atomic E-state index is 13.4. The Hall–Kier alpha value is -3.23. The van der Waals surface area contributed by atoms with Crippen LogP contribution in [0.25, 0.3) is 0 Å². The number of nitrogens with zero attached hydrogens (tertiary/aromatic N) is 1. The van der Waals surface area contributed by atoms with Crippen molar-refractivity contribution in [3.63, 3.8) is 0 Å². The highest BCUT2D eigenvalue weighted by Gasteiger charge is 2.28. The third-order valence-electron chi connectivity index (χ3n) is 5.02. The second-order valence-corrected chi connectivity index (χ2v) is 9.44. The molecule has 3 aromatic rings. The number of carbonyl (C=O) groups is 1. The molecule has 0 bridgehead atoms. The second kappa shape index (κ2) is 10.6. The first kappa shape index (κ1) is 24.4. The van der Waals surface area contributed by atoms with Crippen LogP contribution >= 0.6 is 11.6 Å². The molecule has 0 saturated heterocycles. The van der Waals surface area contributed by atoms with Crippen molar-refractivity contribution in [2.24, 2.45) is 0 Å². The molecule has 0 aromatic heterocycles. The molecule has 3 aromatic carbocycles. The first-order valence-electron chi connectivity index (χ1n) is 10.1. The molecule has 7 nitrogen and oxygen atoms in total. The van der Waals surface area contributed by atoms with Crippen LogP contribution in [0.3, 0.4) is 0 Å². The van der Waals surface area contributed by atoms with E-state index in [-0.39, 0.29) is 15.6 Å². The normalized spacial score (nSPS) is 12.0. The van der Waals surface area contributed by atoms with Crippen LogP contribution in [0.5, 0.6) is 11.5 Å². The van der Waals surface area contributed by atoms with E-state index in [4.69, 9.17) is 21.1 Å². The van der Waals surface area contributed by atoms with Gasteiger partial charge < -0.3 is 14.8 Å². The molecule has 3 rings (SSSR count). The van der Waals surface area contributed by atoms with Gasteiger partial charge in [-0.25, -0.2) is 8.42 Å². The van der Waals surface area contributed by atoms with Gasteiger partial charge in [0.25, 0.3) is 10.0 Å². The molecule has 1 N–H and O–H groups in total. The number of methoxy groups -OCH3 is 2. The molecule has 0 unspecified atom stereocenters. The number of carbonyl (C=O) groups excluding carboxylic acids is 1. The van der Waals surface area contributed by atoms with Crippen LogP contribution in [0, 0.1) is 0 Å². The van der Waals surface area contributed by atoms with E-state index >= 15 is 0 Å². The average Bonchev–Trinajstić information content (AvgIpc) is 2.82. The lowest BCUT2D eigenvalue weighted by Crippen LogP contribution is -2.41. The highest BCUT2D eigenvalue weighted by atomic mass is 35.5. The Morgan fingerprint density at radius 2 is 1.61 bits per heavy atom. The smallest absolute Gasteiger partial charge is 0.264 e. The SMILES string of the molecule is COc1ccc(N(CC(=O)N[C@@H](C)c2ccccc2OC)S(=O)(=O)c2ccccc2)cc1Cl. The fourth-order valence-corrected chi connectivity index (χ4v) is 5.05. The van der Waals surface area contributed by atoms with Gasteiger partial charge in [0.2, 0.25) is 5.91 Å². The third kappa shape index (κ3) is 5.58. The van der Waals surface area contributed by atoms with Crippen molar-refractivity contribution >= 4 is 33.2 Å². The Morgan fingerprint density at radius 3 is 2.24 bits per heavy atom. The molecular formula is C24H25ClN2O5S. The van der Waals surface area contributed by atoms with Gasteiger partial charge in [-0.2, -0.15) is 0 Å². The highest BCUT2D eigenvalue weighted by Crippen LogP contribution is 2.32.